The zero-order valence-electron chi connectivity index (χ0n) is 10.1. The second kappa shape index (κ2) is 5.02. The number of rotatable bonds is 3. The summed E-state index contributed by atoms with van der Waals surface area (Å²) < 4.78 is 13.3. The normalized spacial score (nSPS) is 10.2. The maximum atomic E-state index is 13.3. The molecule has 2 aromatic rings. The van der Waals surface area contributed by atoms with E-state index in [0.29, 0.717) is 16.7 Å². The molecule has 2 rings (SSSR count). The highest BCUT2D eigenvalue weighted by molar-refractivity contribution is 6.01. The Bertz CT molecular complexity index is 662. The van der Waals surface area contributed by atoms with Crippen molar-refractivity contribution in [2.45, 2.75) is 6.92 Å². The number of Topliss-reactive ketones (excluding diaryl/α,β-unsaturated/α-hetero) is 1. The molecule has 2 aromatic carbocycles. The summed E-state index contributed by atoms with van der Waals surface area (Å²) in [4.78, 5) is 22.3. The van der Waals surface area contributed by atoms with Crippen LogP contribution >= 0.6 is 0 Å². The zero-order valence-corrected chi connectivity index (χ0v) is 10.1. The van der Waals surface area contributed by atoms with Crippen molar-refractivity contribution in [2.24, 2.45) is 0 Å². The lowest BCUT2D eigenvalue weighted by atomic mass is 9.96. The molecule has 0 amide bonds. The smallest absolute Gasteiger partial charge is 0.160 e. The highest BCUT2D eigenvalue weighted by Crippen LogP contribution is 2.25. The number of ketones is 1. The maximum absolute atomic E-state index is 13.3. The van der Waals surface area contributed by atoms with Crippen LogP contribution in [0.4, 0.5) is 4.39 Å². The minimum Gasteiger partial charge on any atom is -0.545 e. The summed E-state index contributed by atoms with van der Waals surface area (Å²) in [5.41, 5.74) is 0.971. The van der Waals surface area contributed by atoms with Crippen molar-refractivity contribution in [3.63, 3.8) is 0 Å². The first-order valence-corrected chi connectivity index (χ1v) is 5.62. The van der Waals surface area contributed by atoms with Crippen LogP contribution in [0.15, 0.2) is 42.5 Å². The molecule has 0 atom stereocenters. The Kier molecular flexibility index (Phi) is 3.42. The summed E-state index contributed by atoms with van der Waals surface area (Å²) >= 11 is 0. The summed E-state index contributed by atoms with van der Waals surface area (Å²) in [6, 6.07) is 10.4. The fourth-order valence-electron chi connectivity index (χ4n) is 1.89. The van der Waals surface area contributed by atoms with Gasteiger partial charge in [-0.1, -0.05) is 30.3 Å². The second-order valence-corrected chi connectivity index (χ2v) is 4.08. The largest absolute Gasteiger partial charge is 0.545 e. The third kappa shape index (κ3) is 2.52. The van der Waals surface area contributed by atoms with Gasteiger partial charge in [0.25, 0.3) is 0 Å². The lowest BCUT2D eigenvalue weighted by molar-refractivity contribution is -0.255. The molecular formula is C15H10FO3-. The van der Waals surface area contributed by atoms with Crippen molar-refractivity contribution in [1.82, 2.24) is 0 Å². The lowest BCUT2D eigenvalue weighted by Crippen LogP contribution is -2.23. The van der Waals surface area contributed by atoms with Crippen LogP contribution in [0.5, 0.6) is 0 Å². The number of carbonyl (C=O) groups is 2. The van der Waals surface area contributed by atoms with Crippen LogP contribution < -0.4 is 5.11 Å². The van der Waals surface area contributed by atoms with Crippen molar-refractivity contribution in [3.8, 4) is 11.1 Å². The number of hydrogen-bond donors (Lipinski definition) is 0. The molecule has 0 fully saturated rings. The van der Waals surface area contributed by atoms with E-state index >= 15 is 0 Å². The van der Waals surface area contributed by atoms with E-state index < -0.39 is 17.3 Å². The first-order valence-electron chi connectivity index (χ1n) is 5.62. The number of carbonyl (C=O) groups excluding carboxylic acids is 2. The highest BCUT2D eigenvalue weighted by Gasteiger charge is 2.11. The zero-order chi connectivity index (χ0) is 14.0. The monoisotopic (exact) mass is 257 g/mol. The number of hydrogen-bond acceptors (Lipinski definition) is 3. The number of halogens is 1. The minimum absolute atomic E-state index is 0.144. The Morgan fingerprint density at radius 1 is 1.05 bits per heavy atom. The van der Waals surface area contributed by atoms with Gasteiger partial charge in [-0.2, -0.15) is 0 Å². The van der Waals surface area contributed by atoms with Gasteiger partial charge in [-0.15, -0.1) is 0 Å². The fourth-order valence-corrected chi connectivity index (χ4v) is 1.89. The van der Waals surface area contributed by atoms with Gasteiger partial charge in [-0.25, -0.2) is 4.39 Å². The third-order valence-corrected chi connectivity index (χ3v) is 2.80. The predicted molar refractivity (Wildman–Crippen MR) is 66.2 cm³/mol. The van der Waals surface area contributed by atoms with E-state index in [2.05, 4.69) is 0 Å². The molecule has 0 N–H and O–H groups in total. The number of benzene rings is 2. The first kappa shape index (κ1) is 13.0. The Morgan fingerprint density at radius 2 is 1.74 bits per heavy atom. The number of aromatic carboxylic acids is 1. The van der Waals surface area contributed by atoms with Crippen LogP contribution in [0.25, 0.3) is 11.1 Å². The fraction of sp³-hybridized carbons (Fsp3) is 0.0667. The quantitative estimate of drug-likeness (QED) is 0.791. The van der Waals surface area contributed by atoms with Crippen molar-refractivity contribution >= 4 is 11.8 Å². The van der Waals surface area contributed by atoms with Gasteiger partial charge in [0.1, 0.15) is 5.82 Å². The van der Waals surface area contributed by atoms with Gasteiger partial charge >= 0.3 is 0 Å². The molecule has 0 unspecified atom stereocenters. The first-order chi connectivity index (χ1) is 9.00. The van der Waals surface area contributed by atoms with Gasteiger partial charge in [0.2, 0.25) is 0 Å². The van der Waals surface area contributed by atoms with Gasteiger partial charge in [-0.3, -0.25) is 4.79 Å². The summed E-state index contributed by atoms with van der Waals surface area (Å²) in [5, 5.41) is 10.8. The highest BCUT2D eigenvalue weighted by atomic mass is 19.1. The summed E-state index contributed by atoms with van der Waals surface area (Å²) in [6.45, 7) is 1.42. The summed E-state index contributed by atoms with van der Waals surface area (Å²) in [7, 11) is 0. The molecule has 0 aromatic heterocycles. The molecule has 3 nitrogen and oxygen atoms in total. The van der Waals surface area contributed by atoms with Gasteiger partial charge in [0.15, 0.2) is 5.78 Å². The van der Waals surface area contributed by atoms with Crippen molar-refractivity contribution in [1.29, 1.82) is 0 Å². The molecule has 0 bridgehead atoms. The van der Waals surface area contributed by atoms with E-state index in [1.54, 1.807) is 24.3 Å². The molecule has 0 radical (unpaired) electrons. The van der Waals surface area contributed by atoms with E-state index in [-0.39, 0.29) is 5.78 Å². The SMILES string of the molecule is CC(=O)c1ccccc1-c1ccc(F)c(C(=O)[O-])c1. The Morgan fingerprint density at radius 3 is 2.37 bits per heavy atom. The lowest BCUT2D eigenvalue weighted by Gasteiger charge is -2.10. The molecule has 0 aliphatic heterocycles. The topological polar surface area (TPSA) is 57.2 Å². The van der Waals surface area contributed by atoms with Crippen LogP contribution in [0, 0.1) is 5.82 Å². The average molecular weight is 257 g/mol. The van der Waals surface area contributed by atoms with Gasteiger partial charge in [0.05, 0.1) is 5.97 Å². The molecular weight excluding hydrogens is 247 g/mol. The van der Waals surface area contributed by atoms with E-state index in [1.165, 1.54) is 19.1 Å². The molecule has 4 heteroatoms. The molecule has 96 valence electrons. The summed E-state index contributed by atoms with van der Waals surface area (Å²) in [5.74, 6) is -2.58. The van der Waals surface area contributed by atoms with Crippen LogP contribution in [0.1, 0.15) is 27.6 Å². The average Bonchev–Trinajstić information content (AvgIpc) is 2.39. The molecule has 19 heavy (non-hydrogen) atoms. The molecule has 0 saturated heterocycles. The molecule has 0 spiro atoms. The van der Waals surface area contributed by atoms with E-state index in [0.717, 1.165) is 6.07 Å². The van der Waals surface area contributed by atoms with Crippen LogP contribution in [-0.2, 0) is 0 Å². The van der Waals surface area contributed by atoms with Gasteiger partial charge in [0, 0.05) is 11.1 Å². The maximum Gasteiger partial charge on any atom is 0.160 e. The van der Waals surface area contributed by atoms with Crippen LogP contribution in [0.2, 0.25) is 0 Å². The molecule has 0 aliphatic carbocycles. The third-order valence-electron chi connectivity index (χ3n) is 2.80. The van der Waals surface area contributed by atoms with Gasteiger partial charge < -0.3 is 9.90 Å². The molecule has 0 heterocycles. The van der Waals surface area contributed by atoms with Crippen molar-refractivity contribution < 1.29 is 19.1 Å². The Hall–Kier alpha value is -2.49. The summed E-state index contributed by atoms with van der Waals surface area (Å²) in [6.07, 6.45) is 0. The second-order valence-electron chi connectivity index (χ2n) is 4.08. The standard InChI is InChI=1S/C15H11FO3/c1-9(17)11-4-2-3-5-12(11)10-6-7-14(16)13(8-10)15(18)19/h2-8H,1H3,(H,18,19)/p-1. The minimum atomic E-state index is -1.58. The van der Waals surface area contributed by atoms with E-state index in [1.807, 2.05) is 0 Å². The Labute approximate surface area is 109 Å². The van der Waals surface area contributed by atoms with Crippen LogP contribution in [0.3, 0.4) is 0 Å². The van der Waals surface area contributed by atoms with Crippen LogP contribution in [-0.4, -0.2) is 11.8 Å². The Balaban J connectivity index is 2.63. The van der Waals surface area contributed by atoms with Gasteiger partial charge in [-0.05, 0) is 30.2 Å². The molecule has 0 saturated carbocycles. The molecule has 0 aliphatic rings. The predicted octanol–water partition coefficient (Wildman–Crippen LogP) is 2.06. The number of carboxylic acids is 1. The van der Waals surface area contributed by atoms with E-state index in [4.69, 9.17) is 0 Å². The van der Waals surface area contributed by atoms with E-state index in [9.17, 15) is 19.1 Å². The van der Waals surface area contributed by atoms with Crippen molar-refractivity contribution in [2.75, 3.05) is 0 Å². The van der Waals surface area contributed by atoms with Crippen molar-refractivity contribution in [3.05, 3.63) is 59.4 Å². The number of carboxylic acid groups (broad SMARTS) is 1.